The van der Waals surface area contributed by atoms with Gasteiger partial charge in [0.1, 0.15) is 5.75 Å². The minimum Gasteiger partial charge on any atom is -0.508 e. The highest BCUT2D eigenvalue weighted by Crippen LogP contribution is 2.20. The first-order valence-electron chi connectivity index (χ1n) is 5.84. The molecule has 5 heteroatoms. The van der Waals surface area contributed by atoms with Gasteiger partial charge < -0.3 is 5.11 Å². The van der Waals surface area contributed by atoms with Crippen LogP contribution in [0.5, 0.6) is 5.75 Å². The summed E-state index contributed by atoms with van der Waals surface area (Å²) in [5, 5.41) is 17.2. The average molecular weight is 305 g/mol. The first-order valence-corrected chi connectivity index (χ1v) is 7.16. The third-order valence-electron chi connectivity index (χ3n) is 2.57. The van der Waals surface area contributed by atoms with Crippen molar-refractivity contribution in [2.45, 2.75) is 0 Å². The van der Waals surface area contributed by atoms with Crippen LogP contribution in [0.4, 0.5) is 0 Å². The van der Waals surface area contributed by atoms with E-state index in [1.807, 2.05) is 24.3 Å². The van der Waals surface area contributed by atoms with E-state index >= 15 is 0 Å². The van der Waals surface area contributed by atoms with Crippen molar-refractivity contribution in [3.8, 4) is 5.75 Å². The van der Waals surface area contributed by atoms with Gasteiger partial charge in [-0.1, -0.05) is 35.7 Å². The summed E-state index contributed by atoms with van der Waals surface area (Å²) in [4.78, 5) is 4.42. The maximum Gasteiger partial charge on any atom is 0.115 e. The van der Waals surface area contributed by atoms with Crippen LogP contribution in [0, 0.1) is 0 Å². The fourth-order valence-corrected chi connectivity index (χ4v) is 2.01. The van der Waals surface area contributed by atoms with Gasteiger partial charge in [0.25, 0.3) is 0 Å². The van der Waals surface area contributed by atoms with Crippen molar-refractivity contribution in [3.05, 3.63) is 70.1 Å². The molecule has 20 heavy (non-hydrogen) atoms. The van der Waals surface area contributed by atoms with Gasteiger partial charge in [-0.3, -0.25) is 10.1 Å². The molecule has 0 aliphatic rings. The van der Waals surface area contributed by atoms with E-state index < -0.39 is 0 Å². The minimum absolute atomic E-state index is 0.230. The smallest absolute Gasteiger partial charge is 0.115 e. The number of aromatic hydroxyl groups is 1. The van der Waals surface area contributed by atoms with E-state index in [9.17, 15) is 5.11 Å². The van der Waals surface area contributed by atoms with Crippen molar-refractivity contribution in [2.24, 2.45) is 10.1 Å². The van der Waals surface area contributed by atoms with E-state index in [2.05, 4.69) is 4.99 Å². The molecule has 0 bridgehead atoms. The molecule has 2 aromatic rings. The normalized spacial score (nSPS) is 12.0. The number of halogens is 1. The number of phenolic OH excluding ortho intramolecular Hbond substituents is 1. The Labute approximate surface area is 126 Å². The minimum atomic E-state index is 0.230. The highest BCUT2D eigenvalue weighted by molar-refractivity contribution is 8.00. The largest absolute Gasteiger partial charge is 0.508 e. The van der Waals surface area contributed by atoms with Gasteiger partial charge in [0, 0.05) is 22.2 Å². The fourth-order valence-electron chi connectivity index (χ4n) is 1.56. The number of hydrogen-bond donors (Lipinski definition) is 2. The van der Waals surface area contributed by atoms with Crippen molar-refractivity contribution in [3.63, 3.8) is 0 Å². The predicted molar refractivity (Wildman–Crippen MR) is 86.9 cm³/mol. The zero-order chi connectivity index (χ0) is 14.4. The van der Waals surface area contributed by atoms with E-state index in [1.165, 1.54) is 0 Å². The van der Waals surface area contributed by atoms with Crippen LogP contribution in [0.1, 0.15) is 11.1 Å². The summed E-state index contributed by atoms with van der Waals surface area (Å²) in [7, 11) is 0. The zero-order valence-electron chi connectivity index (χ0n) is 10.5. The number of hydrogen-bond acceptors (Lipinski definition) is 4. The third-order valence-corrected chi connectivity index (χ3v) is 3.18. The molecule has 0 aliphatic carbocycles. The van der Waals surface area contributed by atoms with E-state index in [-0.39, 0.29) is 5.75 Å². The second-order valence-electron chi connectivity index (χ2n) is 4.00. The molecule has 102 valence electrons. The SMILES string of the molecule is NS/C=C(\N=Cc1ccc(O)cc1)c1ccc(Cl)cc1. The van der Waals surface area contributed by atoms with Crippen LogP contribution in [0.2, 0.25) is 5.02 Å². The molecule has 0 atom stereocenters. The number of aliphatic imine (C=N–C) groups is 1. The van der Waals surface area contributed by atoms with Crippen LogP contribution >= 0.6 is 23.5 Å². The molecule has 3 N–H and O–H groups in total. The third kappa shape index (κ3) is 4.13. The quantitative estimate of drug-likeness (QED) is 0.661. The van der Waals surface area contributed by atoms with Gasteiger partial charge in [-0.2, -0.15) is 0 Å². The molecule has 0 heterocycles. The molecule has 0 fully saturated rings. The first kappa shape index (κ1) is 14.7. The van der Waals surface area contributed by atoms with Gasteiger partial charge in [0.2, 0.25) is 0 Å². The van der Waals surface area contributed by atoms with Crippen LogP contribution in [0.3, 0.4) is 0 Å². The van der Waals surface area contributed by atoms with Crippen molar-refractivity contribution in [1.82, 2.24) is 0 Å². The summed E-state index contributed by atoms with van der Waals surface area (Å²) >= 11 is 6.97. The molecule has 2 rings (SSSR count). The number of nitrogens with zero attached hydrogens (tertiary/aromatic N) is 1. The highest BCUT2D eigenvalue weighted by Gasteiger charge is 1.99. The molecular weight excluding hydrogens is 292 g/mol. The Balaban J connectivity index is 2.24. The summed E-state index contributed by atoms with van der Waals surface area (Å²) in [5.74, 6) is 0.230. The van der Waals surface area contributed by atoms with Gasteiger partial charge in [0.05, 0.1) is 5.70 Å². The molecular formula is C15H13ClN2OS. The molecule has 3 nitrogen and oxygen atoms in total. The van der Waals surface area contributed by atoms with Crippen LogP contribution in [0.15, 0.2) is 58.9 Å². The standard InChI is InChI=1S/C15H13ClN2OS/c16-13-5-3-12(4-6-13)15(10-20-17)18-9-11-1-7-14(19)8-2-11/h1-10,19H,17H2/b15-10-,18-9?. The molecule has 0 amide bonds. The second kappa shape index (κ2) is 7.14. The number of phenols is 1. The molecule has 0 saturated carbocycles. The lowest BCUT2D eigenvalue weighted by atomic mass is 10.2. The lowest BCUT2D eigenvalue weighted by Gasteiger charge is -2.02. The highest BCUT2D eigenvalue weighted by atomic mass is 35.5. The maximum absolute atomic E-state index is 9.23. The molecule has 0 radical (unpaired) electrons. The summed E-state index contributed by atoms with van der Waals surface area (Å²) < 4.78 is 0. The van der Waals surface area contributed by atoms with Gasteiger partial charge in [-0.05, 0) is 42.0 Å². The summed E-state index contributed by atoms with van der Waals surface area (Å²) in [6.45, 7) is 0. The van der Waals surface area contributed by atoms with Crippen LogP contribution in [-0.2, 0) is 0 Å². The van der Waals surface area contributed by atoms with Gasteiger partial charge in [-0.15, -0.1) is 0 Å². The Morgan fingerprint density at radius 2 is 1.75 bits per heavy atom. The van der Waals surface area contributed by atoms with E-state index in [1.54, 1.807) is 35.9 Å². The van der Waals surface area contributed by atoms with E-state index in [0.717, 1.165) is 28.8 Å². The van der Waals surface area contributed by atoms with Crippen LogP contribution < -0.4 is 5.14 Å². The average Bonchev–Trinajstić information content (AvgIpc) is 2.46. The second-order valence-corrected chi connectivity index (χ2v) is 4.94. The van der Waals surface area contributed by atoms with Crippen molar-refractivity contribution in [1.29, 1.82) is 0 Å². The Hall–Kier alpha value is -1.75. The van der Waals surface area contributed by atoms with Crippen molar-refractivity contribution in [2.75, 3.05) is 0 Å². The first-order chi connectivity index (χ1) is 9.69. The van der Waals surface area contributed by atoms with Crippen molar-refractivity contribution >= 4 is 35.5 Å². The zero-order valence-corrected chi connectivity index (χ0v) is 12.1. The Morgan fingerprint density at radius 1 is 1.10 bits per heavy atom. The summed E-state index contributed by atoms with van der Waals surface area (Å²) in [6.07, 6.45) is 1.72. The Morgan fingerprint density at radius 3 is 2.35 bits per heavy atom. The molecule has 0 spiro atoms. The van der Waals surface area contributed by atoms with Gasteiger partial charge >= 0.3 is 0 Å². The monoisotopic (exact) mass is 304 g/mol. The molecule has 2 aromatic carbocycles. The molecule has 0 saturated heterocycles. The number of nitrogens with two attached hydrogens (primary N) is 1. The topological polar surface area (TPSA) is 58.6 Å². The summed E-state index contributed by atoms with van der Waals surface area (Å²) in [6, 6.07) is 14.2. The molecule has 0 aromatic heterocycles. The Kier molecular flexibility index (Phi) is 5.24. The van der Waals surface area contributed by atoms with E-state index in [0.29, 0.717) is 5.02 Å². The number of benzene rings is 2. The van der Waals surface area contributed by atoms with Gasteiger partial charge in [0.15, 0.2) is 0 Å². The Bertz CT molecular complexity index is 621. The number of rotatable bonds is 4. The van der Waals surface area contributed by atoms with Crippen LogP contribution in [-0.4, -0.2) is 11.3 Å². The fraction of sp³-hybridized carbons (Fsp3) is 0. The molecule has 0 aliphatic heterocycles. The maximum atomic E-state index is 9.23. The predicted octanol–water partition coefficient (Wildman–Crippen LogP) is 4.07. The van der Waals surface area contributed by atoms with Gasteiger partial charge in [-0.25, -0.2) is 0 Å². The van der Waals surface area contributed by atoms with Crippen LogP contribution in [0.25, 0.3) is 5.70 Å². The lowest BCUT2D eigenvalue weighted by Crippen LogP contribution is -1.85. The summed E-state index contributed by atoms with van der Waals surface area (Å²) in [5.41, 5.74) is 2.58. The lowest BCUT2D eigenvalue weighted by molar-refractivity contribution is 0.475. The molecule has 0 unspecified atom stereocenters. The van der Waals surface area contributed by atoms with E-state index in [4.69, 9.17) is 16.7 Å². The van der Waals surface area contributed by atoms with Crippen molar-refractivity contribution < 1.29 is 5.11 Å².